The second kappa shape index (κ2) is 8.18. The number of aromatic nitrogens is 1. The molecule has 1 heterocycles. The van der Waals surface area contributed by atoms with Crippen molar-refractivity contribution in [3.05, 3.63) is 71.4 Å². The average Bonchev–Trinajstić information content (AvgIpc) is 3.09. The average molecular weight is 443 g/mol. The first kappa shape index (κ1) is 20.5. The standard InChI is InChI=1S/C22H23ClN4O2S/c1-27(2)12-11-15-14-24-21-10-9-16(13-19(15)21)25-30(28,29)26-22-8-4-5-17-18(22)6-3-7-20(17)23/h3-10,13-14,24-26H,11-12H2,1-2H3. The van der Waals surface area contributed by atoms with Crippen molar-refractivity contribution in [1.29, 1.82) is 0 Å². The van der Waals surface area contributed by atoms with Crippen LogP contribution in [-0.2, 0) is 16.6 Å². The predicted molar refractivity (Wildman–Crippen MR) is 126 cm³/mol. The molecule has 0 unspecified atom stereocenters. The number of benzene rings is 3. The molecule has 0 radical (unpaired) electrons. The van der Waals surface area contributed by atoms with Crippen molar-refractivity contribution >= 4 is 54.9 Å². The number of hydrogen-bond acceptors (Lipinski definition) is 3. The van der Waals surface area contributed by atoms with Crippen molar-refractivity contribution in [3.63, 3.8) is 0 Å². The molecular weight excluding hydrogens is 420 g/mol. The first-order valence-corrected chi connectivity index (χ1v) is 11.4. The van der Waals surface area contributed by atoms with Crippen LogP contribution >= 0.6 is 11.6 Å². The lowest BCUT2D eigenvalue weighted by molar-refractivity contribution is 0.414. The van der Waals surface area contributed by atoms with Crippen molar-refractivity contribution in [2.45, 2.75) is 6.42 Å². The fourth-order valence-corrected chi connectivity index (χ4v) is 4.67. The van der Waals surface area contributed by atoms with Crippen molar-refractivity contribution in [3.8, 4) is 0 Å². The molecule has 4 aromatic rings. The summed E-state index contributed by atoms with van der Waals surface area (Å²) in [6.45, 7) is 0.911. The highest BCUT2D eigenvalue weighted by atomic mass is 35.5. The summed E-state index contributed by atoms with van der Waals surface area (Å²) in [6, 6.07) is 16.2. The Balaban J connectivity index is 1.60. The molecule has 8 heteroatoms. The molecule has 0 aliphatic carbocycles. The second-order valence-corrected chi connectivity index (χ2v) is 9.30. The Bertz CT molecular complexity index is 1320. The van der Waals surface area contributed by atoms with Crippen LogP contribution in [0.25, 0.3) is 21.7 Å². The number of nitrogens with one attached hydrogen (secondary N) is 3. The molecule has 3 N–H and O–H groups in total. The minimum Gasteiger partial charge on any atom is -0.361 e. The summed E-state index contributed by atoms with van der Waals surface area (Å²) in [5.41, 5.74) is 3.09. The van der Waals surface area contributed by atoms with Gasteiger partial charge in [-0.15, -0.1) is 0 Å². The van der Waals surface area contributed by atoms with Gasteiger partial charge in [0.25, 0.3) is 0 Å². The highest BCUT2D eigenvalue weighted by Gasteiger charge is 2.14. The molecule has 0 saturated heterocycles. The number of rotatable bonds is 7. The summed E-state index contributed by atoms with van der Waals surface area (Å²) >= 11 is 6.24. The second-order valence-electron chi connectivity index (χ2n) is 7.48. The number of H-pyrrole nitrogens is 1. The highest BCUT2D eigenvalue weighted by Crippen LogP contribution is 2.30. The Morgan fingerprint density at radius 2 is 1.73 bits per heavy atom. The molecule has 0 spiro atoms. The van der Waals surface area contributed by atoms with E-state index in [9.17, 15) is 8.42 Å². The zero-order valence-corrected chi connectivity index (χ0v) is 18.3. The van der Waals surface area contributed by atoms with E-state index in [4.69, 9.17) is 11.6 Å². The number of anilines is 2. The third-order valence-corrected chi connectivity index (χ3v) is 6.28. The molecule has 3 aromatic carbocycles. The normalized spacial score (nSPS) is 12.0. The third-order valence-electron chi connectivity index (χ3n) is 4.96. The van der Waals surface area contributed by atoms with E-state index < -0.39 is 10.2 Å². The van der Waals surface area contributed by atoms with Crippen molar-refractivity contribution in [2.75, 3.05) is 30.1 Å². The van der Waals surface area contributed by atoms with Crippen LogP contribution in [0.1, 0.15) is 5.56 Å². The lowest BCUT2D eigenvalue weighted by Crippen LogP contribution is -2.21. The van der Waals surface area contributed by atoms with E-state index in [1.807, 2.05) is 44.6 Å². The van der Waals surface area contributed by atoms with E-state index >= 15 is 0 Å². The SMILES string of the molecule is CN(C)CCc1c[nH]c2ccc(NS(=O)(=O)Nc3cccc4c(Cl)cccc34)cc12. The van der Waals surface area contributed by atoms with E-state index in [0.717, 1.165) is 40.2 Å². The van der Waals surface area contributed by atoms with Crippen LogP contribution in [0.2, 0.25) is 5.02 Å². The van der Waals surface area contributed by atoms with Gasteiger partial charge in [-0.3, -0.25) is 9.44 Å². The van der Waals surface area contributed by atoms with Crippen LogP contribution in [0.3, 0.4) is 0 Å². The lowest BCUT2D eigenvalue weighted by atomic mass is 10.1. The number of aromatic amines is 1. The Morgan fingerprint density at radius 3 is 2.53 bits per heavy atom. The van der Waals surface area contributed by atoms with Gasteiger partial charge in [0.1, 0.15) is 0 Å². The van der Waals surface area contributed by atoms with Crippen LogP contribution in [0.4, 0.5) is 11.4 Å². The van der Waals surface area contributed by atoms with Gasteiger partial charge in [0.2, 0.25) is 0 Å². The summed E-state index contributed by atoms with van der Waals surface area (Å²) in [7, 11) is 0.213. The molecule has 30 heavy (non-hydrogen) atoms. The number of nitrogens with zero attached hydrogens (tertiary/aromatic N) is 1. The monoisotopic (exact) mass is 442 g/mol. The number of likely N-dealkylation sites (N-methyl/N-ethyl adjacent to an activating group) is 1. The van der Waals surface area contributed by atoms with Gasteiger partial charge in [0.15, 0.2) is 0 Å². The molecular formula is C22H23ClN4O2S. The van der Waals surface area contributed by atoms with Gasteiger partial charge in [-0.2, -0.15) is 8.42 Å². The van der Waals surface area contributed by atoms with Crippen LogP contribution < -0.4 is 9.44 Å². The maximum atomic E-state index is 12.8. The van der Waals surface area contributed by atoms with Crippen LogP contribution in [0.15, 0.2) is 60.8 Å². The largest absolute Gasteiger partial charge is 0.361 e. The Morgan fingerprint density at radius 1 is 0.967 bits per heavy atom. The molecule has 1 aromatic heterocycles. The van der Waals surface area contributed by atoms with Crippen molar-refractivity contribution in [1.82, 2.24) is 9.88 Å². The summed E-state index contributed by atoms with van der Waals surface area (Å²) in [5.74, 6) is 0. The quantitative estimate of drug-likeness (QED) is 0.383. The van der Waals surface area contributed by atoms with E-state index in [-0.39, 0.29) is 0 Å². The molecule has 0 aliphatic heterocycles. The Kier molecular flexibility index (Phi) is 5.60. The van der Waals surface area contributed by atoms with Gasteiger partial charge in [-0.05, 0) is 56.4 Å². The molecule has 0 bridgehead atoms. The van der Waals surface area contributed by atoms with Gasteiger partial charge in [-0.25, -0.2) is 0 Å². The predicted octanol–water partition coefficient (Wildman–Crippen LogP) is 4.85. The minimum absolute atomic E-state index is 0.469. The third kappa shape index (κ3) is 4.38. The highest BCUT2D eigenvalue weighted by molar-refractivity contribution is 7.94. The minimum atomic E-state index is -3.84. The van der Waals surface area contributed by atoms with Crippen LogP contribution in [0, 0.1) is 0 Å². The van der Waals surface area contributed by atoms with E-state index in [0.29, 0.717) is 16.4 Å². The number of hydrogen-bond donors (Lipinski definition) is 3. The lowest BCUT2D eigenvalue weighted by Gasteiger charge is -2.13. The zero-order chi connectivity index (χ0) is 21.3. The van der Waals surface area contributed by atoms with E-state index in [1.54, 1.807) is 30.3 Å². The van der Waals surface area contributed by atoms with Crippen molar-refractivity contribution in [2.24, 2.45) is 0 Å². The fourth-order valence-electron chi connectivity index (χ4n) is 3.48. The molecule has 0 saturated carbocycles. The molecule has 4 rings (SSSR count). The van der Waals surface area contributed by atoms with E-state index in [2.05, 4.69) is 19.3 Å². The Labute approximate surface area is 181 Å². The summed E-state index contributed by atoms with van der Waals surface area (Å²) in [6.07, 6.45) is 2.85. The summed E-state index contributed by atoms with van der Waals surface area (Å²) in [4.78, 5) is 5.36. The molecule has 0 amide bonds. The van der Waals surface area contributed by atoms with Gasteiger partial charge in [0.05, 0.1) is 11.4 Å². The van der Waals surface area contributed by atoms with Crippen LogP contribution in [-0.4, -0.2) is 38.9 Å². The van der Waals surface area contributed by atoms with Crippen molar-refractivity contribution < 1.29 is 8.42 Å². The first-order chi connectivity index (χ1) is 14.3. The molecule has 156 valence electrons. The van der Waals surface area contributed by atoms with Gasteiger partial charge < -0.3 is 9.88 Å². The number of halogens is 1. The topological polar surface area (TPSA) is 77.2 Å². The summed E-state index contributed by atoms with van der Waals surface area (Å²) in [5, 5.41) is 3.11. The number of fused-ring (bicyclic) bond motifs is 2. The fraction of sp³-hybridized carbons (Fsp3) is 0.182. The molecule has 6 nitrogen and oxygen atoms in total. The van der Waals surface area contributed by atoms with Crippen LogP contribution in [0.5, 0.6) is 0 Å². The summed E-state index contributed by atoms with van der Waals surface area (Å²) < 4.78 is 30.9. The molecule has 0 aliphatic rings. The van der Waals surface area contributed by atoms with Gasteiger partial charge in [-0.1, -0.05) is 35.9 Å². The van der Waals surface area contributed by atoms with E-state index in [1.165, 1.54) is 0 Å². The Hall–Kier alpha value is -2.74. The maximum Gasteiger partial charge on any atom is 0.321 e. The van der Waals surface area contributed by atoms with Gasteiger partial charge in [0, 0.05) is 39.4 Å². The smallest absolute Gasteiger partial charge is 0.321 e. The first-order valence-electron chi connectivity index (χ1n) is 9.55. The molecule has 0 atom stereocenters. The molecule has 0 fully saturated rings. The maximum absolute atomic E-state index is 12.8. The zero-order valence-electron chi connectivity index (χ0n) is 16.7. The van der Waals surface area contributed by atoms with Gasteiger partial charge >= 0.3 is 10.2 Å².